The van der Waals surface area contributed by atoms with Gasteiger partial charge in [-0.05, 0) is 61.1 Å². The van der Waals surface area contributed by atoms with E-state index in [-0.39, 0.29) is 0 Å². The Morgan fingerprint density at radius 3 is 1.70 bits per heavy atom. The Labute approximate surface area is 159 Å². The number of hydrogen-bond acceptors (Lipinski definition) is 3. The minimum atomic E-state index is -0.842. The van der Waals surface area contributed by atoms with Gasteiger partial charge >= 0.3 is 0 Å². The number of carbonyl (C=O) groups excluding carboxylic acids is 2. The van der Waals surface area contributed by atoms with E-state index in [4.69, 9.17) is 11.5 Å². The molecule has 0 bridgehead atoms. The topological polar surface area (TPSA) is 111 Å². The zero-order valence-electron chi connectivity index (χ0n) is 16.1. The Morgan fingerprint density at radius 1 is 0.852 bits per heavy atom. The molecule has 0 aliphatic rings. The standard InChI is InChI=1S/C21H26N4O2/c1-12-7-5-8-13(2)16(12)18(20(22)26)24-11-25-19(21(23)27)17-14(3)9-6-10-15(17)4/h5-11,18-19H,1-4H3,(H2,22,26)(H2,23,27)(H,24,25). The number of rotatable bonds is 7. The van der Waals surface area contributed by atoms with E-state index in [0.717, 1.165) is 33.4 Å². The molecule has 27 heavy (non-hydrogen) atoms. The molecule has 2 aromatic carbocycles. The summed E-state index contributed by atoms with van der Waals surface area (Å²) in [7, 11) is 0. The van der Waals surface area contributed by atoms with Gasteiger partial charge in [0.1, 0.15) is 6.04 Å². The molecule has 2 aromatic rings. The van der Waals surface area contributed by atoms with Crippen LogP contribution in [0.15, 0.2) is 41.4 Å². The quantitative estimate of drug-likeness (QED) is 0.516. The third-order valence-electron chi connectivity index (χ3n) is 4.67. The maximum atomic E-state index is 12.0. The zero-order valence-corrected chi connectivity index (χ0v) is 16.1. The number of hydrogen-bond donors (Lipinski definition) is 3. The van der Waals surface area contributed by atoms with Gasteiger partial charge in [-0.15, -0.1) is 0 Å². The molecular formula is C21H26N4O2. The number of nitrogens with one attached hydrogen (secondary N) is 1. The Balaban J connectivity index is 2.34. The largest absolute Gasteiger partial charge is 0.368 e. The van der Waals surface area contributed by atoms with Crippen molar-refractivity contribution in [1.82, 2.24) is 5.32 Å². The molecule has 2 atom stereocenters. The van der Waals surface area contributed by atoms with E-state index in [9.17, 15) is 9.59 Å². The Bertz CT molecular complexity index is 849. The molecule has 0 aromatic heterocycles. The van der Waals surface area contributed by atoms with E-state index >= 15 is 0 Å². The molecule has 0 aliphatic heterocycles. The summed E-state index contributed by atoms with van der Waals surface area (Å²) in [5, 5.41) is 2.94. The fourth-order valence-electron chi connectivity index (χ4n) is 3.33. The van der Waals surface area contributed by atoms with Crippen molar-refractivity contribution in [2.24, 2.45) is 16.5 Å². The fourth-order valence-corrected chi connectivity index (χ4v) is 3.33. The van der Waals surface area contributed by atoms with Crippen molar-refractivity contribution in [3.05, 3.63) is 69.8 Å². The maximum absolute atomic E-state index is 12.0. The van der Waals surface area contributed by atoms with Crippen LogP contribution in [0.3, 0.4) is 0 Å². The molecule has 2 rings (SSSR count). The van der Waals surface area contributed by atoms with Gasteiger partial charge in [0.25, 0.3) is 0 Å². The minimum Gasteiger partial charge on any atom is -0.368 e. The molecular weight excluding hydrogens is 340 g/mol. The lowest BCUT2D eigenvalue weighted by atomic mass is 9.95. The van der Waals surface area contributed by atoms with Gasteiger partial charge in [0.15, 0.2) is 6.04 Å². The van der Waals surface area contributed by atoms with Crippen LogP contribution < -0.4 is 16.8 Å². The number of carbonyl (C=O) groups is 2. The zero-order chi connectivity index (χ0) is 20.1. The molecule has 142 valence electrons. The van der Waals surface area contributed by atoms with Gasteiger partial charge in [-0.3, -0.25) is 14.6 Å². The van der Waals surface area contributed by atoms with Crippen LogP contribution in [0, 0.1) is 27.7 Å². The van der Waals surface area contributed by atoms with Crippen molar-refractivity contribution in [1.29, 1.82) is 0 Å². The summed E-state index contributed by atoms with van der Waals surface area (Å²) in [6, 6.07) is 9.89. The first-order chi connectivity index (χ1) is 12.7. The summed E-state index contributed by atoms with van der Waals surface area (Å²) < 4.78 is 0. The first-order valence-corrected chi connectivity index (χ1v) is 8.72. The highest BCUT2D eigenvalue weighted by Crippen LogP contribution is 2.25. The Morgan fingerprint density at radius 2 is 1.30 bits per heavy atom. The summed E-state index contributed by atoms with van der Waals surface area (Å²) in [5.41, 5.74) is 16.5. The first kappa shape index (κ1) is 20.2. The number of amides is 2. The molecule has 0 heterocycles. The average Bonchev–Trinajstić information content (AvgIpc) is 2.57. The van der Waals surface area contributed by atoms with Crippen LogP contribution in [0.5, 0.6) is 0 Å². The van der Waals surface area contributed by atoms with Crippen LogP contribution in [-0.4, -0.2) is 18.2 Å². The Kier molecular flexibility index (Phi) is 6.34. The summed E-state index contributed by atoms with van der Waals surface area (Å²) in [5.74, 6) is -1.09. The molecule has 0 spiro atoms. The highest BCUT2D eigenvalue weighted by molar-refractivity contribution is 5.86. The van der Waals surface area contributed by atoms with E-state index in [2.05, 4.69) is 10.3 Å². The predicted molar refractivity (Wildman–Crippen MR) is 107 cm³/mol. The van der Waals surface area contributed by atoms with E-state index in [1.165, 1.54) is 6.34 Å². The van der Waals surface area contributed by atoms with Gasteiger partial charge in [0.2, 0.25) is 11.8 Å². The second-order valence-electron chi connectivity index (χ2n) is 6.70. The number of aryl methyl sites for hydroxylation is 4. The SMILES string of the molecule is Cc1cccc(C)c1C(N=CNC(C(N)=O)c1c(C)cccc1C)C(N)=O. The minimum absolute atomic E-state index is 0.526. The van der Waals surface area contributed by atoms with Gasteiger partial charge < -0.3 is 16.8 Å². The molecule has 0 radical (unpaired) electrons. The second-order valence-corrected chi connectivity index (χ2v) is 6.70. The van der Waals surface area contributed by atoms with Crippen molar-refractivity contribution in [3.8, 4) is 0 Å². The lowest BCUT2D eigenvalue weighted by Crippen LogP contribution is -2.34. The van der Waals surface area contributed by atoms with Gasteiger partial charge in [-0.25, -0.2) is 0 Å². The molecule has 0 saturated carbocycles. The van der Waals surface area contributed by atoms with Crippen molar-refractivity contribution >= 4 is 18.2 Å². The summed E-state index contributed by atoms with van der Waals surface area (Å²) in [6.45, 7) is 7.65. The van der Waals surface area contributed by atoms with Crippen molar-refractivity contribution in [3.63, 3.8) is 0 Å². The molecule has 2 unspecified atom stereocenters. The third kappa shape index (κ3) is 4.53. The molecule has 2 amide bonds. The molecule has 6 heteroatoms. The van der Waals surface area contributed by atoms with Crippen molar-refractivity contribution in [2.75, 3.05) is 0 Å². The average molecular weight is 366 g/mol. The van der Waals surface area contributed by atoms with Crippen LogP contribution in [-0.2, 0) is 9.59 Å². The molecule has 0 fully saturated rings. The van der Waals surface area contributed by atoms with Gasteiger partial charge in [-0.1, -0.05) is 36.4 Å². The molecule has 0 aliphatic carbocycles. The highest BCUT2D eigenvalue weighted by atomic mass is 16.1. The number of benzene rings is 2. The van der Waals surface area contributed by atoms with E-state index in [1.54, 1.807) is 0 Å². The number of primary amides is 2. The highest BCUT2D eigenvalue weighted by Gasteiger charge is 2.22. The van der Waals surface area contributed by atoms with Crippen LogP contribution >= 0.6 is 0 Å². The smallest absolute Gasteiger partial charge is 0.246 e. The Hall–Kier alpha value is -3.15. The van der Waals surface area contributed by atoms with Crippen molar-refractivity contribution in [2.45, 2.75) is 39.8 Å². The van der Waals surface area contributed by atoms with E-state index in [1.807, 2.05) is 64.1 Å². The van der Waals surface area contributed by atoms with Crippen LogP contribution in [0.25, 0.3) is 0 Å². The van der Waals surface area contributed by atoms with Gasteiger partial charge in [-0.2, -0.15) is 0 Å². The van der Waals surface area contributed by atoms with Gasteiger partial charge in [0, 0.05) is 0 Å². The first-order valence-electron chi connectivity index (χ1n) is 8.72. The molecule has 6 nitrogen and oxygen atoms in total. The van der Waals surface area contributed by atoms with E-state index in [0.29, 0.717) is 0 Å². The summed E-state index contributed by atoms with van der Waals surface area (Å²) in [6.07, 6.45) is 1.35. The van der Waals surface area contributed by atoms with Gasteiger partial charge in [0.05, 0.1) is 6.34 Å². The monoisotopic (exact) mass is 366 g/mol. The number of aliphatic imine (C=N–C) groups is 1. The van der Waals surface area contributed by atoms with Crippen LogP contribution in [0.2, 0.25) is 0 Å². The molecule has 0 saturated heterocycles. The summed E-state index contributed by atoms with van der Waals surface area (Å²) in [4.78, 5) is 28.3. The van der Waals surface area contributed by atoms with Crippen LogP contribution in [0.4, 0.5) is 0 Å². The normalized spacial score (nSPS) is 13.3. The fraction of sp³-hybridized carbons (Fsp3) is 0.286. The lowest BCUT2D eigenvalue weighted by molar-refractivity contribution is -0.120. The lowest BCUT2D eigenvalue weighted by Gasteiger charge is -2.19. The second kappa shape index (κ2) is 8.49. The predicted octanol–water partition coefficient (Wildman–Crippen LogP) is 2.29. The summed E-state index contributed by atoms with van der Waals surface area (Å²) >= 11 is 0. The number of nitrogens with zero attached hydrogens (tertiary/aromatic N) is 1. The third-order valence-corrected chi connectivity index (χ3v) is 4.67. The van der Waals surface area contributed by atoms with E-state index < -0.39 is 23.9 Å². The van der Waals surface area contributed by atoms with Crippen LogP contribution in [0.1, 0.15) is 45.5 Å². The molecule has 5 N–H and O–H groups in total. The maximum Gasteiger partial charge on any atom is 0.246 e. The number of nitrogens with two attached hydrogens (primary N) is 2. The van der Waals surface area contributed by atoms with Crippen molar-refractivity contribution < 1.29 is 9.59 Å².